The van der Waals surface area contributed by atoms with Crippen molar-refractivity contribution < 1.29 is 0 Å². The third-order valence-corrected chi connectivity index (χ3v) is 2.85. The lowest BCUT2D eigenvalue weighted by Crippen LogP contribution is -2.24. The fraction of sp³-hybridized carbons (Fsp3) is 0.0833. The molecule has 5 heteroatoms. The Morgan fingerprint density at radius 1 is 1.12 bits per heavy atom. The molecule has 3 rings (SSSR count). The Balaban J connectivity index is 2.03. The molecule has 17 heavy (non-hydrogen) atoms. The molecule has 2 heterocycles. The first-order chi connectivity index (χ1) is 8.24. The van der Waals surface area contributed by atoms with E-state index in [4.69, 9.17) is 17.3 Å². The number of amidine groups is 3. The van der Waals surface area contributed by atoms with E-state index in [0.717, 1.165) is 5.56 Å². The van der Waals surface area contributed by atoms with Gasteiger partial charge in [0, 0.05) is 5.56 Å². The molecule has 0 aromatic heterocycles. The minimum Gasteiger partial charge on any atom is -0.384 e. The van der Waals surface area contributed by atoms with Gasteiger partial charge in [0.25, 0.3) is 0 Å². The number of nitrogens with two attached hydrogens (primary N) is 1. The van der Waals surface area contributed by atoms with Crippen LogP contribution in [0.2, 0.25) is 0 Å². The van der Waals surface area contributed by atoms with Crippen LogP contribution < -0.4 is 5.73 Å². The molecule has 2 aliphatic heterocycles. The molecule has 84 valence electrons. The van der Waals surface area contributed by atoms with Gasteiger partial charge in [0.2, 0.25) is 0 Å². The Morgan fingerprint density at radius 2 is 1.88 bits per heavy atom. The van der Waals surface area contributed by atoms with E-state index in [-0.39, 0.29) is 6.04 Å². The molecule has 0 spiro atoms. The molecule has 0 aliphatic carbocycles. The van der Waals surface area contributed by atoms with Crippen LogP contribution >= 0.6 is 11.6 Å². The fourth-order valence-electron chi connectivity index (χ4n) is 1.76. The van der Waals surface area contributed by atoms with Crippen LogP contribution in [0.15, 0.2) is 56.4 Å². The molecule has 0 saturated carbocycles. The summed E-state index contributed by atoms with van der Waals surface area (Å²) in [5, 5.41) is 0.558. The van der Waals surface area contributed by atoms with Gasteiger partial charge in [0.15, 0.2) is 11.7 Å². The first kappa shape index (κ1) is 10.2. The average molecular weight is 245 g/mol. The second-order valence-electron chi connectivity index (χ2n) is 3.76. The van der Waals surface area contributed by atoms with Crippen molar-refractivity contribution in [2.24, 2.45) is 20.7 Å². The van der Waals surface area contributed by atoms with Gasteiger partial charge in [-0.3, -0.25) is 0 Å². The molecule has 1 unspecified atom stereocenters. The van der Waals surface area contributed by atoms with Crippen LogP contribution in [0.25, 0.3) is 0 Å². The Bertz CT molecular complexity index is 584. The molecule has 1 aromatic carbocycles. The van der Waals surface area contributed by atoms with E-state index in [9.17, 15) is 0 Å². The highest BCUT2D eigenvalue weighted by atomic mass is 35.5. The lowest BCUT2D eigenvalue weighted by atomic mass is 10.2. The van der Waals surface area contributed by atoms with Crippen molar-refractivity contribution in [1.29, 1.82) is 0 Å². The quantitative estimate of drug-likeness (QED) is 0.803. The topological polar surface area (TPSA) is 63.1 Å². The average Bonchev–Trinajstić information content (AvgIpc) is 2.74. The molecule has 0 saturated heterocycles. The van der Waals surface area contributed by atoms with Crippen molar-refractivity contribution >= 4 is 29.1 Å². The highest BCUT2D eigenvalue weighted by molar-refractivity contribution is 6.36. The number of aliphatic imine (C=N–C) groups is 3. The van der Waals surface area contributed by atoms with E-state index < -0.39 is 0 Å². The number of hydrogen-bond acceptors (Lipinski definition) is 4. The van der Waals surface area contributed by atoms with Crippen LogP contribution in [0.1, 0.15) is 5.56 Å². The van der Waals surface area contributed by atoms with Gasteiger partial charge in [-0.1, -0.05) is 41.9 Å². The lowest BCUT2D eigenvalue weighted by molar-refractivity contribution is 1.06. The predicted octanol–water partition coefficient (Wildman–Crippen LogP) is 1.71. The van der Waals surface area contributed by atoms with Crippen molar-refractivity contribution in [1.82, 2.24) is 0 Å². The van der Waals surface area contributed by atoms with E-state index in [1.807, 2.05) is 30.3 Å². The van der Waals surface area contributed by atoms with Crippen molar-refractivity contribution in [3.8, 4) is 0 Å². The molecule has 0 fully saturated rings. The maximum atomic E-state index is 6.08. The van der Waals surface area contributed by atoms with Gasteiger partial charge < -0.3 is 5.73 Å². The molecule has 0 radical (unpaired) electrons. The first-order valence-electron chi connectivity index (χ1n) is 5.17. The van der Waals surface area contributed by atoms with Crippen LogP contribution in [-0.4, -0.2) is 23.5 Å². The zero-order chi connectivity index (χ0) is 11.8. The maximum Gasteiger partial charge on any atom is 0.163 e. The van der Waals surface area contributed by atoms with E-state index in [1.165, 1.54) is 0 Å². The summed E-state index contributed by atoms with van der Waals surface area (Å²) >= 11 is 6.08. The molecule has 2 N–H and O–H groups in total. The summed E-state index contributed by atoms with van der Waals surface area (Å²) in [6.45, 7) is 0. The third-order valence-electron chi connectivity index (χ3n) is 2.54. The van der Waals surface area contributed by atoms with Gasteiger partial charge in [0.05, 0.1) is 5.03 Å². The van der Waals surface area contributed by atoms with Crippen molar-refractivity contribution in [3.63, 3.8) is 0 Å². The minimum atomic E-state index is -0.292. The largest absolute Gasteiger partial charge is 0.384 e. The molecule has 1 atom stereocenters. The smallest absolute Gasteiger partial charge is 0.163 e. The number of halogens is 1. The van der Waals surface area contributed by atoms with Crippen molar-refractivity contribution in [3.05, 3.63) is 47.0 Å². The molecule has 1 aromatic rings. The third kappa shape index (κ3) is 1.76. The number of dihydropyridines is 1. The normalized spacial score (nSPS) is 22.3. The van der Waals surface area contributed by atoms with Crippen molar-refractivity contribution in [2.45, 2.75) is 6.04 Å². The van der Waals surface area contributed by atoms with Gasteiger partial charge in [-0.2, -0.15) is 0 Å². The lowest BCUT2D eigenvalue weighted by Gasteiger charge is -2.10. The Hall–Kier alpha value is -1.94. The second-order valence-corrected chi connectivity index (χ2v) is 4.19. The van der Waals surface area contributed by atoms with Crippen LogP contribution in [0.5, 0.6) is 0 Å². The highest BCUT2D eigenvalue weighted by Gasteiger charge is 2.28. The van der Waals surface area contributed by atoms with Crippen LogP contribution in [-0.2, 0) is 0 Å². The molecule has 4 nitrogen and oxygen atoms in total. The summed E-state index contributed by atoms with van der Waals surface area (Å²) in [5.41, 5.74) is 6.57. The summed E-state index contributed by atoms with van der Waals surface area (Å²) in [4.78, 5) is 12.9. The number of rotatable bonds is 1. The highest BCUT2D eigenvalue weighted by Crippen LogP contribution is 2.24. The van der Waals surface area contributed by atoms with Gasteiger partial charge in [-0.15, -0.1) is 0 Å². The van der Waals surface area contributed by atoms with Gasteiger partial charge in [0.1, 0.15) is 11.9 Å². The van der Waals surface area contributed by atoms with E-state index in [1.54, 1.807) is 6.08 Å². The van der Waals surface area contributed by atoms with Gasteiger partial charge >= 0.3 is 0 Å². The number of hydrogen-bond donors (Lipinski definition) is 1. The zero-order valence-electron chi connectivity index (χ0n) is 8.84. The molecular weight excluding hydrogens is 236 g/mol. The molecular formula is C12H9ClN4. The SMILES string of the molecule is NC1=NC2=NC(c3ccccc3)=NC2C(Cl)=C1. The minimum absolute atomic E-state index is 0.292. The zero-order valence-corrected chi connectivity index (χ0v) is 9.59. The van der Waals surface area contributed by atoms with Gasteiger partial charge in [-0.05, 0) is 6.08 Å². The molecule has 0 bridgehead atoms. The monoisotopic (exact) mass is 244 g/mol. The summed E-state index contributed by atoms with van der Waals surface area (Å²) in [5.74, 6) is 1.58. The first-order valence-corrected chi connectivity index (χ1v) is 5.55. The number of nitrogens with zero attached hydrogens (tertiary/aromatic N) is 3. The Morgan fingerprint density at radius 3 is 2.65 bits per heavy atom. The predicted molar refractivity (Wildman–Crippen MR) is 69.8 cm³/mol. The number of fused-ring (bicyclic) bond motifs is 1. The second kappa shape index (κ2) is 3.82. The Labute approximate surface area is 103 Å². The van der Waals surface area contributed by atoms with Crippen LogP contribution in [0, 0.1) is 0 Å². The maximum absolute atomic E-state index is 6.08. The summed E-state index contributed by atoms with van der Waals surface area (Å²) < 4.78 is 0. The van der Waals surface area contributed by atoms with Crippen LogP contribution in [0.3, 0.4) is 0 Å². The molecule has 0 amide bonds. The van der Waals surface area contributed by atoms with E-state index >= 15 is 0 Å². The van der Waals surface area contributed by atoms with E-state index in [2.05, 4.69) is 15.0 Å². The van der Waals surface area contributed by atoms with Gasteiger partial charge in [-0.25, -0.2) is 15.0 Å². The fourth-order valence-corrected chi connectivity index (χ4v) is 2.02. The Kier molecular flexibility index (Phi) is 2.30. The standard InChI is InChI=1S/C12H9ClN4/c13-8-6-9(14)15-12-10(8)16-11(17-12)7-4-2-1-3-5-7/h1-6,10H,(H2,14,15,16,17). The number of benzene rings is 1. The summed E-state index contributed by atoms with van der Waals surface area (Å²) in [6.07, 6.45) is 1.61. The van der Waals surface area contributed by atoms with E-state index in [0.29, 0.717) is 22.5 Å². The van der Waals surface area contributed by atoms with Crippen molar-refractivity contribution in [2.75, 3.05) is 0 Å². The summed E-state index contributed by atoms with van der Waals surface area (Å²) in [6, 6.07) is 9.43. The molecule has 2 aliphatic rings. The summed E-state index contributed by atoms with van der Waals surface area (Å²) in [7, 11) is 0. The van der Waals surface area contributed by atoms with Crippen LogP contribution in [0.4, 0.5) is 0 Å².